The number of benzene rings is 1. The summed E-state index contributed by atoms with van der Waals surface area (Å²) in [6.45, 7) is 6.09. The van der Waals surface area contributed by atoms with Crippen molar-refractivity contribution in [2.75, 3.05) is 13.2 Å². The van der Waals surface area contributed by atoms with Crippen LogP contribution in [0, 0.1) is 5.92 Å². The number of rotatable bonds is 3. The fourth-order valence-electron chi connectivity index (χ4n) is 7.52. The van der Waals surface area contributed by atoms with Gasteiger partial charge in [-0.2, -0.15) is 13.2 Å². The van der Waals surface area contributed by atoms with Crippen LogP contribution in [0.5, 0.6) is 5.75 Å². The van der Waals surface area contributed by atoms with Gasteiger partial charge in [-0.05, 0) is 53.0 Å². The SMILES string of the molecule is CCOC(=O)C12C=CC1C=CCCCCCC(NC(=O)OC(C)(C)C)C(=O)N1CC3(CC(=O)c4c(c(C(F)(F)F)nc5c(Cl)cccc45)O3)CC1C(=O)N2. The van der Waals surface area contributed by atoms with Crippen LogP contribution in [0.3, 0.4) is 0 Å². The van der Waals surface area contributed by atoms with Crippen molar-refractivity contribution in [3.8, 4) is 5.75 Å². The van der Waals surface area contributed by atoms with E-state index in [4.69, 9.17) is 25.8 Å². The van der Waals surface area contributed by atoms with Gasteiger partial charge in [0.05, 0.1) is 35.7 Å². The number of hydrogen-bond acceptors (Lipinski definition) is 9. The molecule has 12 nitrogen and oxygen atoms in total. The van der Waals surface area contributed by atoms with E-state index in [1.165, 1.54) is 24.3 Å². The topological polar surface area (TPSA) is 153 Å². The van der Waals surface area contributed by atoms with Crippen molar-refractivity contribution in [1.82, 2.24) is 20.5 Å². The van der Waals surface area contributed by atoms with Crippen molar-refractivity contribution in [3.63, 3.8) is 0 Å². The van der Waals surface area contributed by atoms with Gasteiger partial charge in [-0.3, -0.25) is 14.4 Å². The molecule has 2 N–H and O–H groups in total. The Labute approximate surface area is 314 Å². The van der Waals surface area contributed by atoms with Crippen LogP contribution in [0.2, 0.25) is 5.02 Å². The maximum atomic E-state index is 14.7. The molecule has 3 aliphatic heterocycles. The monoisotopic (exact) mass is 774 g/mol. The summed E-state index contributed by atoms with van der Waals surface area (Å²) in [5.41, 5.74) is -6.45. The molecule has 290 valence electrons. The minimum atomic E-state index is -5.08. The predicted molar refractivity (Wildman–Crippen MR) is 190 cm³/mol. The van der Waals surface area contributed by atoms with Gasteiger partial charge in [-0.25, -0.2) is 14.6 Å². The Morgan fingerprint density at radius 1 is 1.13 bits per heavy atom. The lowest BCUT2D eigenvalue weighted by Gasteiger charge is -2.41. The van der Waals surface area contributed by atoms with E-state index in [2.05, 4.69) is 15.6 Å². The van der Waals surface area contributed by atoms with Gasteiger partial charge in [0.15, 0.2) is 22.8 Å². The lowest BCUT2D eigenvalue weighted by atomic mass is 9.73. The second-order valence-corrected chi connectivity index (χ2v) is 15.5. The molecule has 5 atom stereocenters. The van der Waals surface area contributed by atoms with E-state index in [-0.39, 0.29) is 34.5 Å². The van der Waals surface area contributed by atoms with E-state index in [0.29, 0.717) is 19.3 Å². The zero-order chi connectivity index (χ0) is 39.2. The van der Waals surface area contributed by atoms with E-state index < -0.39 is 101 Å². The van der Waals surface area contributed by atoms with Crippen molar-refractivity contribution >= 4 is 52.2 Å². The quantitative estimate of drug-likeness (QED) is 0.273. The molecule has 1 saturated heterocycles. The Bertz CT molecular complexity index is 1950. The fourth-order valence-corrected chi connectivity index (χ4v) is 7.74. The average Bonchev–Trinajstić information content (AvgIpc) is 3.42. The molecule has 6 rings (SSSR count). The van der Waals surface area contributed by atoms with E-state index >= 15 is 0 Å². The van der Waals surface area contributed by atoms with Crippen molar-refractivity contribution in [2.45, 2.75) is 108 Å². The number of aromatic nitrogens is 1. The third-order valence-corrected chi connectivity index (χ3v) is 10.3. The number of carbonyl (C=O) groups is 5. The van der Waals surface area contributed by atoms with Crippen LogP contribution in [-0.4, -0.2) is 81.5 Å². The first-order chi connectivity index (χ1) is 25.4. The Morgan fingerprint density at radius 3 is 2.56 bits per heavy atom. The minimum Gasteiger partial charge on any atom is -0.482 e. The maximum Gasteiger partial charge on any atom is 0.437 e. The van der Waals surface area contributed by atoms with Crippen LogP contribution in [0.1, 0.15) is 88.7 Å². The lowest BCUT2D eigenvalue weighted by Crippen LogP contribution is -2.65. The molecule has 16 heteroatoms. The number of alkyl carbamates (subject to hydrolysis) is 1. The second kappa shape index (κ2) is 14.5. The van der Waals surface area contributed by atoms with Crippen molar-refractivity contribution in [1.29, 1.82) is 0 Å². The van der Waals surface area contributed by atoms with Gasteiger partial charge in [0.1, 0.15) is 23.3 Å². The number of fused-ring (bicyclic) bond motifs is 5. The van der Waals surface area contributed by atoms with E-state index in [0.717, 1.165) is 11.3 Å². The molecule has 0 saturated carbocycles. The number of para-hydroxylation sites is 1. The van der Waals surface area contributed by atoms with Crippen LogP contribution in [0.4, 0.5) is 18.0 Å². The number of carbonyl (C=O) groups excluding carboxylic acids is 5. The van der Waals surface area contributed by atoms with Crippen LogP contribution < -0.4 is 15.4 Å². The molecule has 1 aromatic carbocycles. The highest BCUT2D eigenvalue weighted by atomic mass is 35.5. The number of esters is 1. The second-order valence-electron chi connectivity index (χ2n) is 15.1. The molecule has 4 aliphatic rings. The Balaban J connectivity index is 1.44. The summed E-state index contributed by atoms with van der Waals surface area (Å²) < 4.78 is 60.9. The average molecular weight is 775 g/mol. The maximum absolute atomic E-state index is 14.7. The number of alkyl halides is 3. The van der Waals surface area contributed by atoms with Crippen LogP contribution in [0.25, 0.3) is 10.9 Å². The van der Waals surface area contributed by atoms with E-state index in [1.54, 1.807) is 39.8 Å². The number of hydrogen-bond donors (Lipinski definition) is 2. The van der Waals surface area contributed by atoms with E-state index in [1.807, 2.05) is 6.08 Å². The first-order valence-corrected chi connectivity index (χ1v) is 18.3. The molecule has 4 heterocycles. The molecular formula is C38H42ClF3N4O8. The van der Waals surface area contributed by atoms with Crippen LogP contribution in [-0.2, 0) is 30.0 Å². The van der Waals surface area contributed by atoms with Crippen LogP contribution in [0.15, 0.2) is 42.5 Å². The highest BCUT2D eigenvalue weighted by molar-refractivity contribution is 6.35. The van der Waals surface area contributed by atoms with Crippen molar-refractivity contribution in [2.24, 2.45) is 5.92 Å². The number of Topliss-reactive ketones (excluding diaryl/α,β-unsaturated/α-hetero) is 1. The largest absolute Gasteiger partial charge is 0.482 e. The highest BCUT2D eigenvalue weighted by Gasteiger charge is 2.58. The number of pyridine rings is 1. The number of ether oxygens (including phenoxy) is 3. The first kappa shape index (κ1) is 39.0. The zero-order valence-corrected chi connectivity index (χ0v) is 31.1. The molecule has 5 unspecified atom stereocenters. The molecule has 0 bridgehead atoms. The molecule has 1 aliphatic carbocycles. The third kappa shape index (κ3) is 7.51. The lowest BCUT2D eigenvalue weighted by molar-refractivity contribution is -0.154. The molecule has 1 aromatic heterocycles. The van der Waals surface area contributed by atoms with Gasteiger partial charge in [0, 0.05) is 17.7 Å². The zero-order valence-electron chi connectivity index (χ0n) is 30.3. The van der Waals surface area contributed by atoms with Gasteiger partial charge in [-0.1, -0.05) is 60.9 Å². The molecule has 0 radical (unpaired) electrons. The number of nitrogens with zero attached hydrogens (tertiary/aromatic N) is 2. The predicted octanol–water partition coefficient (Wildman–Crippen LogP) is 6.23. The summed E-state index contributed by atoms with van der Waals surface area (Å²) in [7, 11) is 0. The summed E-state index contributed by atoms with van der Waals surface area (Å²) >= 11 is 6.23. The molecule has 54 heavy (non-hydrogen) atoms. The van der Waals surface area contributed by atoms with Gasteiger partial charge < -0.3 is 29.7 Å². The number of amides is 3. The Kier molecular flexibility index (Phi) is 10.5. The summed E-state index contributed by atoms with van der Waals surface area (Å²) in [5.74, 6) is -4.46. The number of nitrogens with one attached hydrogen (secondary N) is 2. The molecule has 1 spiro atoms. The smallest absolute Gasteiger partial charge is 0.437 e. The van der Waals surface area contributed by atoms with Crippen LogP contribution >= 0.6 is 11.6 Å². The number of ketones is 1. The Morgan fingerprint density at radius 2 is 1.89 bits per heavy atom. The summed E-state index contributed by atoms with van der Waals surface area (Å²) in [5, 5.41) is 5.36. The van der Waals surface area contributed by atoms with Gasteiger partial charge in [-0.15, -0.1) is 0 Å². The summed E-state index contributed by atoms with van der Waals surface area (Å²) in [4.78, 5) is 74.5. The normalized spacial score (nSPS) is 27.4. The Hall–Kier alpha value is -4.66. The molecule has 2 aromatic rings. The summed E-state index contributed by atoms with van der Waals surface area (Å²) in [6.07, 6.45) is 2.69. The van der Waals surface area contributed by atoms with Crippen molar-refractivity contribution < 1.29 is 51.4 Å². The minimum absolute atomic E-state index is 0.0146. The molecule has 3 amide bonds. The number of allylic oxidation sites excluding steroid dienone is 1. The van der Waals surface area contributed by atoms with Gasteiger partial charge in [0.2, 0.25) is 11.8 Å². The highest BCUT2D eigenvalue weighted by Crippen LogP contribution is 2.49. The van der Waals surface area contributed by atoms with Gasteiger partial charge in [0.25, 0.3) is 0 Å². The van der Waals surface area contributed by atoms with E-state index in [9.17, 15) is 37.1 Å². The summed E-state index contributed by atoms with van der Waals surface area (Å²) in [6, 6.07) is 1.57. The third-order valence-electron chi connectivity index (χ3n) is 9.99. The van der Waals surface area contributed by atoms with Crippen molar-refractivity contribution in [3.05, 3.63) is 58.8 Å². The fraction of sp³-hybridized carbons (Fsp3) is 0.526. The standard InChI is InChI=1S/C38H42ClF3N4O8/c1-5-52-33(50)37-17-16-21(37)12-9-7-6-8-10-15-24(43-34(51)54-35(2,3)4)32(49)46-20-36(18-25(46)31(48)45-37)19-26(47)27-22-13-11-14-23(39)28(22)44-30(29(27)53-36)38(40,41)42/h9,11-14,16-17,21,24-25H,5-8,10,15,18-20H2,1-4H3,(H,43,51)(H,45,48). The molecular weight excluding hydrogens is 733 g/mol. The number of halogens is 4. The molecule has 1 fully saturated rings. The van der Waals surface area contributed by atoms with Gasteiger partial charge >= 0.3 is 18.2 Å². The first-order valence-electron chi connectivity index (χ1n) is 17.9.